The highest BCUT2D eigenvalue weighted by atomic mass is 16.5. The Kier molecular flexibility index (Phi) is 2.09. The zero-order valence-electron chi connectivity index (χ0n) is 8.08. The van der Waals surface area contributed by atoms with Gasteiger partial charge < -0.3 is 4.74 Å². The van der Waals surface area contributed by atoms with Crippen LogP contribution in [0, 0.1) is 0 Å². The van der Waals surface area contributed by atoms with Crippen LogP contribution in [0.4, 0.5) is 0 Å². The topological polar surface area (TPSA) is 9.23 Å². The Morgan fingerprint density at radius 1 is 1.31 bits per heavy atom. The van der Waals surface area contributed by atoms with Gasteiger partial charge in [-0.2, -0.15) is 0 Å². The lowest BCUT2D eigenvalue weighted by Crippen LogP contribution is -2.05. The molecule has 13 heavy (non-hydrogen) atoms. The molecule has 0 bridgehead atoms. The monoisotopic (exact) mass is 174 g/mol. The highest BCUT2D eigenvalue weighted by molar-refractivity contribution is 5.61. The molecule has 0 fully saturated rings. The van der Waals surface area contributed by atoms with E-state index in [4.69, 9.17) is 4.74 Å². The highest BCUT2D eigenvalue weighted by Gasteiger charge is 2.06. The summed E-state index contributed by atoms with van der Waals surface area (Å²) in [4.78, 5) is 0. The summed E-state index contributed by atoms with van der Waals surface area (Å²) in [6.07, 6.45) is 5.66. The Labute approximate surface area is 79.0 Å². The van der Waals surface area contributed by atoms with Crippen molar-refractivity contribution in [2.24, 2.45) is 0 Å². The molecule has 68 valence electrons. The summed E-state index contributed by atoms with van der Waals surface area (Å²) in [6, 6.07) is 6.30. The van der Waals surface area contributed by atoms with E-state index >= 15 is 0 Å². The molecule has 0 spiro atoms. The molecule has 0 radical (unpaired) electrons. The van der Waals surface area contributed by atoms with Gasteiger partial charge in [0, 0.05) is 0 Å². The lowest BCUT2D eigenvalue weighted by molar-refractivity contribution is 0.242. The maximum atomic E-state index is 5.61. The maximum Gasteiger partial charge on any atom is 0.120 e. The molecule has 1 heteroatoms. The van der Waals surface area contributed by atoms with Crippen LogP contribution in [-0.2, 0) is 6.42 Å². The summed E-state index contributed by atoms with van der Waals surface area (Å²) in [5.74, 6) is 0.973. The molecule has 0 aliphatic heterocycles. The van der Waals surface area contributed by atoms with Gasteiger partial charge >= 0.3 is 0 Å². The predicted octanol–water partition coefficient (Wildman–Crippen LogP) is 3.04. The fraction of sp³-hybridized carbons (Fsp3) is 0.333. The molecule has 0 atom stereocenters. The molecule has 2 rings (SSSR count). The quantitative estimate of drug-likeness (QED) is 0.669. The van der Waals surface area contributed by atoms with Crippen LogP contribution in [0.1, 0.15) is 25.0 Å². The Bertz CT molecular complexity index is 337. The van der Waals surface area contributed by atoms with E-state index in [1.807, 2.05) is 19.9 Å². The SMILES string of the molecule is CC(C)Oc1ccc2c(c1)C=CC2. The van der Waals surface area contributed by atoms with Gasteiger partial charge in [0.25, 0.3) is 0 Å². The van der Waals surface area contributed by atoms with E-state index in [2.05, 4.69) is 24.3 Å². The van der Waals surface area contributed by atoms with Gasteiger partial charge in [-0.1, -0.05) is 18.2 Å². The van der Waals surface area contributed by atoms with Crippen LogP contribution in [0.15, 0.2) is 24.3 Å². The first-order valence-electron chi connectivity index (χ1n) is 4.72. The number of ether oxygens (including phenoxy) is 1. The Hall–Kier alpha value is -1.24. The van der Waals surface area contributed by atoms with Gasteiger partial charge in [-0.15, -0.1) is 0 Å². The van der Waals surface area contributed by atoms with E-state index in [0.717, 1.165) is 12.2 Å². The molecular weight excluding hydrogens is 160 g/mol. The van der Waals surface area contributed by atoms with Crippen molar-refractivity contribution in [2.45, 2.75) is 26.4 Å². The fourth-order valence-corrected chi connectivity index (χ4v) is 1.57. The number of hydrogen-bond donors (Lipinski definition) is 0. The molecule has 0 heterocycles. The summed E-state index contributed by atoms with van der Waals surface area (Å²) < 4.78 is 5.61. The smallest absolute Gasteiger partial charge is 0.120 e. The summed E-state index contributed by atoms with van der Waals surface area (Å²) in [7, 11) is 0. The van der Waals surface area contributed by atoms with E-state index in [1.165, 1.54) is 11.1 Å². The summed E-state index contributed by atoms with van der Waals surface area (Å²) in [5.41, 5.74) is 2.70. The van der Waals surface area contributed by atoms with Crippen molar-refractivity contribution >= 4 is 6.08 Å². The number of hydrogen-bond acceptors (Lipinski definition) is 1. The molecular formula is C12H14O. The van der Waals surface area contributed by atoms with Crippen LogP contribution in [0.25, 0.3) is 6.08 Å². The van der Waals surface area contributed by atoms with Gasteiger partial charge in [0.15, 0.2) is 0 Å². The third-order valence-corrected chi connectivity index (χ3v) is 2.12. The summed E-state index contributed by atoms with van der Waals surface area (Å²) in [6.45, 7) is 4.09. The first-order chi connectivity index (χ1) is 6.25. The van der Waals surface area contributed by atoms with E-state index in [1.54, 1.807) is 0 Å². The Morgan fingerprint density at radius 2 is 2.15 bits per heavy atom. The number of rotatable bonds is 2. The van der Waals surface area contributed by atoms with Crippen molar-refractivity contribution in [1.29, 1.82) is 0 Å². The van der Waals surface area contributed by atoms with Crippen LogP contribution >= 0.6 is 0 Å². The van der Waals surface area contributed by atoms with E-state index < -0.39 is 0 Å². The van der Waals surface area contributed by atoms with Crippen LogP contribution in [-0.4, -0.2) is 6.10 Å². The first kappa shape index (κ1) is 8.36. The van der Waals surface area contributed by atoms with Crippen LogP contribution in [0.2, 0.25) is 0 Å². The molecule has 0 saturated heterocycles. The molecule has 0 N–H and O–H groups in total. The summed E-state index contributed by atoms with van der Waals surface area (Å²) in [5, 5.41) is 0. The van der Waals surface area contributed by atoms with Crippen LogP contribution in [0.3, 0.4) is 0 Å². The van der Waals surface area contributed by atoms with Crippen LogP contribution < -0.4 is 4.74 Å². The highest BCUT2D eigenvalue weighted by Crippen LogP contribution is 2.24. The third kappa shape index (κ3) is 1.74. The molecule has 0 aromatic heterocycles. The molecule has 0 unspecified atom stereocenters. The maximum absolute atomic E-state index is 5.61. The van der Waals surface area contributed by atoms with Crippen molar-refractivity contribution in [3.8, 4) is 5.75 Å². The summed E-state index contributed by atoms with van der Waals surface area (Å²) >= 11 is 0. The van der Waals surface area contributed by atoms with Gasteiger partial charge in [-0.3, -0.25) is 0 Å². The lowest BCUT2D eigenvalue weighted by atomic mass is 10.1. The third-order valence-electron chi connectivity index (χ3n) is 2.12. The van der Waals surface area contributed by atoms with Crippen LogP contribution in [0.5, 0.6) is 5.75 Å². The van der Waals surface area contributed by atoms with Gasteiger partial charge in [-0.05, 0) is 43.5 Å². The zero-order chi connectivity index (χ0) is 9.26. The Balaban J connectivity index is 2.25. The number of benzene rings is 1. The minimum Gasteiger partial charge on any atom is -0.491 e. The largest absolute Gasteiger partial charge is 0.491 e. The fourth-order valence-electron chi connectivity index (χ4n) is 1.57. The number of fused-ring (bicyclic) bond motifs is 1. The van der Waals surface area contributed by atoms with Gasteiger partial charge in [0.1, 0.15) is 5.75 Å². The molecule has 1 aromatic rings. The van der Waals surface area contributed by atoms with Crippen molar-refractivity contribution in [3.05, 3.63) is 35.4 Å². The minimum atomic E-state index is 0.253. The number of allylic oxidation sites excluding steroid dienone is 1. The van der Waals surface area contributed by atoms with Gasteiger partial charge in [0.05, 0.1) is 6.10 Å². The van der Waals surface area contributed by atoms with Crippen molar-refractivity contribution in [3.63, 3.8) is 0 Å². The average molecular weight is 174 g/mol. The van der Waals surface area contributed by atoms with E-state index in [0.29, 0.717) is 0 Å². The van der Waals surface area contributed by atoms with E-state index in [9.17, 15) is 0 Å². The predicted molar refractivity (Wildman–Crippen MR) is 54.9 cm³/mol. The van der Waals surface area contributed by atoms with E-state index in [-0.39, 0.29) is 6.10 Å². The molecule has 1 aliphatic carbocycles. The molecule has 1 aromatic carbocycles. The lowest BCUT2D eigenvalue weighted by Gasteiger charge is -2.10. The van der Waals surface area contributed by atoms with Crippen molar-refractivity contribution < 1.29 is 4.74 Å². The molecule has 1 nitrogen and oxygen atoms in total. The second kappa shape index (κ2) is 3.25. The second-order valence-electron chi connectivity index (χ2n) is 3.63. The standard InChI is InChI=1S/C12H14O/c1-9(2)13-12-7-6-10-4-3-5-11(10)8-12/h3,5-9H,4H2,1-2H3. The molecule has 0 amide bonds. The molecule has 1 aliphatic rings. The Morgan fingerprint density at radius 3 is 2.92 bits per heavy atom. The molecule has 0 saturated carbocycles. The second-order valence-corrected chi connectivity index (χ2v) is 3.63. The average Bonchev–Trinajstić information content (AvgIpc) is 2.49. The van der Waals surface area contributed by atoms with Gasteiger partial charge in [0.2, 0.25) is 0 Å². The normalized spacial score (nSPS) is 13.5. The minimum absolute atomic E-state index is 0.253. The van der Waals surface area contributed by atoms with Gasteiger partial charge in [-0.25, -0.2) is 0 Å². The zero-order valence-corrected chi connectivity index (χ0v) is 8.08. The first-order valence-corrected chi connectivity index (χ1v) is 4.72. The van der Waals surface area contributed by atoms with Crippen molar-refractivity contribution in [1.82, 2.24) is 0 Å². The van der Waals surface area contributed by atoms with Crippen molar-refractivity contribution in [2.75, 3.05) is 0 Å².